The number of amides is 1. The van der Waals surface area contributed by atoms with Crippen molar-refractivity contribution < 1.29 is 4.79 Å². The van der Waals surface area contributed by atoms with Crippen LogP contribution in [0.5, 0.6) is 0 Å². The van der Waals surface area contributed by atoms with Gasteiger partial charge in [0.05, 0.1) is 5.92 Å². The molecular weight excluding hydrogens is 236 g/mol. The average Bonchev–Trinajstić information content (AvgIpc) is 3.04. The Hall–Kier alpha value is -1.01. The van der Waals surface area contributed by atoms with Crippen LogP contribution in [-0.4, -0.2) is 28.2 Å². The Labute approximate surface area is 104 Å². The fraction of sp³-hybridized carbons (Fsp3) is 0.727. The van der Waals surface area contributed by atoms with Crippen LogP contribution in [0.15, 0.2) is 0 Å². The first-order valence-electron chi connectivity index (χ1n) is 6.15. The van der Waals surface area contributed by atoms with Gasteiger partial charge >= 0.3 is 0 Å². The third-order valence-electron chi connectivity index (χ3n) is 3.64. The number of hydrogen-bond donors (Lipinski definition) is 2. The Morgan fingerprint density at radius 1 is 1.53 bits per heavy atom. The Morgan fingerprint density at radius 2 is 2.41 bits per heavy atom. The highest BCUT2D eigenvalue weighted by molar-refractivity contribution is 7.15. The fourth-order valence-electron chi connectivity index (χ4n) is 2.76. The van der Waals surface area contributed by atoms with Gasteiger partial charge in [-0.1, -0.05) is 18.3 Å². The van der Waals surface area contributed by atoms with Gasteiger partial charge in [-0.2, -0.15) is 0 Å². The highest BCUT2D eigenvalue weighted by Gasteiger charge is 2.42. The van der Waals surface area contributed by atoms with Crippen LogP contribution in [0.25, 0.3) is 0 Å². The first-order chi connectivity index (χ1) is 8.26. The molecule has 2 aliphatic heterocycles. The summed E-state index contributed by atoms with van der Waals surface area (Å²) in [5, 5.41) is 15.9. The molecule has 0 aromatic carbocycles. The predicted octanol–water partition coefficient (Wildman–Crippen LogP) is 1.18. The molecule has 3 unspecified atom stereocenters. The molecule has 2 fully saturated rings. The van der Waals surface area contributed by atoms with Crippen molar-refractivity contribution in [2.45, 2.75) is 44.7 Å². The van der Waals surface area contributed by atoms with Crippen LogP contribution in [0, 0.1) is 5.92 Å². The molecule has 2 N–H and O–H groups in total. The smallest absolute Gasteiger partial charge is 0.230 e. The summed E-state index contributed by atoms with van der Waals surface area (Å²) < 4.78 is 0. The number of hydrogen-bond acceptors (Lipinski definition) is 5. The molecule has 3 atom stereocenters. The first kappa shape index (κ1) is 11.1. The Balaban J connectivity index is 1.63. The molecule has 5 nitrogen and oxygen atoms in total. The molecule has 92 valence electrons. The SMILES string of the molecule is CCc1nnc(NC(=O)C2CC3CCC2N3)s1. The minimum atomic E-state index is 0.100. The number of aryl methyl sites for hydroxylation is 1. The van der Waals surface area contributed by atoms with Gasteiger partial charge in [-0.3, -0.25) is 4.79 Å². The van der Waals surface area contributed by atoms with Crippen LogP contribution in [-0.2, 0) is 11.2 Å². The molecule has 1 amide bonds. The molecule has 1 aromatic rings. The quantitative estimate of drug-likeness (QED) is 0.847. The van der Waals surface area contributed by atoms with Crippen LogP contribution in [0.4, 0.5) is 5.13 Å². The molecule has 1 aromatic heterocycles. The van der Waals surface area contributed by atoms with Gasteiger partial charge in [0.1, 0.15) is 5.01 Å². The topological polar surface area (TPSA) is 66.9 Å². The standard InChI is InChI=1S/C11H16N4OS/c1-2-9-14-15-11(17-9)13-10(16)7-5-6-3-4-8(7)12-6/h6-8,12H,2-5H2,1H3,(H,13,15,16). The number of carbonyl (C=O) groups excluding carboxylic acids is 1. The summed E-state index contributed by atoms with van der Waals surface area (Å²) in [4.78, 5) is 12.1. The van der Waals surface area contributed by atoms with E-state index < -0.39 is 0 Å². The van der Waals surface area contributed by atoms with Crippen molar-refractivity contribution in [1.29, 1.82) is 0 Å². The molecule has 0 saturated carbocycles. The van der Waals surface area contributed by atoms with E-state index in [1.807, 2.05) is 6.92 Å². The summed E-state index contributed by atoms with van der Waals surface area (Å²) in [5.41, 5.74) is 0. The van der Waals surface area contributed by atoms with Gasteiger partial charge in [-0.15, -0.1) is 10.2 Å². The van der Waals surface area contributed by atoms with Crippen LogP contribution in [0.1, 0.15) is 31.2 Å². The van der Waals surface area contributed by atoms with Crippen molar-refractivity contribution in [3.63, 3.8) is 0 Å². The molecule has 2 aliphatic rings. The highest BCUT2D eigenvalue weighted by Crippen LogP contribution is 2.34. The molecule has 3 rings (SSSR count). The van der Waals surface area contributed by atoms with Crippen molar-refractivity contribution in [2.75, 3.05) is 5.32 Å². The predicted molar refractivity (Wildman–Crippen MR) is 66.0 cm³/mol. The minimum absolute atomic E-state index is 0.100. The third kappa shape index (κ3) is 2.07. The Bertz CT molecular complexity index is 433. The Morgan fingerprint density at radius 3 is 3.00 bits per heavy atom. The van der Waals surface area contributed by atoms with Crippen molar-refractivity contribution in [3.8, 4) is 0 Å². The first-order valence-corrected chi connectivity index (χ1v) is 6.97. The van der Waals surface area contributed by atoms with Gasteiger partial charge in [-0.25, -0.2) is 0 Å². The summed E-state index contributed by atoms with van der Waals surface area (Å²) in [6.07, 6.45) is 4.17. The number of anilines is 1. The number of fused-ring (bicyclic) bond motifs is 2. The molecule has 17 heavy (non-hydrogen) atoms. The van der Waals surface area contributed by atoms with Gasteiger partial charge in [0, 0.05) is 12.1 Å². The zero-order valence-corrected chi connectivity index (χ0v) is 10.6. The normalized spacial score (nSPS) is 30.8. The lowest BCUT2D eigenvalue weighted by atomic mass is 9.88. The van der Waals surface area contributed by atoms with E-state index in [2.05, 4.69) is 20.8 Å². The average molecular weight is 252 g/mol. The van der Waals surface area contributed by atoms with Crippen molar-refractivity contribution in [3.05, 3.63) is 5.01 Å². The number of nitrogens with one attached hydrogen (secondary N) is 2. The molecule has 0 spiro atoms. The van der Waals surface area contributed by atoms with E-state index in [0.717, 1.165) is 24.3 Å². The van der Waals surface area contributed by atoms with E-state index in [-0.39, 0.29) is 11.8 Å². The lowest BCUT2D eigenvalue weighted by Gasteiger charge is -2.18. The van der Waals surface area contributed by atoms with E-state index in [4.69, 9.17) is 0 Å². The van der Waals surface area contributed by atoms with Crippen molar-refractivity contribution in [2.24, 2.45) is 5.92 Å². The van der Waals surface area contributed by atoms with Crippen LogP contribution >= 0.6 is 11.3 Å². The monoisotopic (exact) mass is 252 g/mol. The zero-order chi connectivity index (χ0) is 11.8. The van der Waals surface area contributed by atoms with E-state index >= 15 is 0 Å². The highest BCUT2D eigenvalue weighted by atomic mass is 32.1. The molecule has 3 heterocycles. The molecule has 0 radical (unpaired) electrons. The summed E-state index contributed by atoms with van der Waals surface area (Å²) >= 11 is 1.47. The largest absolute Gasteiger partial charge is 0.310 e. The summed E-state index contributed by atoms with van der Waals surface area (Å²) in [7, 11) is 0. The molecule has 6 heteroatoms. The van der Waals surface area contributed by atoms with Gasteiger partial charge in [0.25, 0.3) is 0 Å². The minimum Gasteiger partial charge on any atom is -0.310 e. The van der Waals surface area contributed by atoms with Gasteiger partial charge in [0.2, 0.25) is 11.0 Å². The maximum absolute atomic E-state index is 12.1. The second kappa shape index (κ2) is 4.34. The number of carbonyl (C=O) groups is 1. The molecule has 2 bridgehead atoms. The Kier molecular flexibility index (Phi) is 2.84. The van der Waals surface area contributed by atoms with E-state index in [1.165, 1.54) is 17.8 Å². The van der Waals surface area contributed by atoms with Crippen LogP contribution in [0.2, 0.25) is 0 Å². The van der Waals surface area contributed by atoms with Crippen LogP contribution in [0.3, 0.4) is 0 Å². The lowest BCUT2D eigenvalue weighted by Crippen LogP contribution is -2.32. The lowest BCUT2D eigenvalue weighted by molar-refractivity contribution is -0.120. The van der Waals surface area contributed by atoms with Gasteiger partial charge in [0.15, 0.2) is 0 Å². The maximum Gasteiger partial charge on any atom is 0.230 e. The van der Waals surface area contributed by atoms with Crippen LogP contribution < -0.4 is 10.6 Å². The van der Waals surface area contributed by atoms with E-state index in [0.29, 0.717) is 17.2 Å². The van der Waals surface area contributed by atoms with E-state index in [9.17, 15) is 4.79 Å². The maximum atomic E-state index is 12.1. The van der Waals surface area contributed by atoms with E-state index in [1.54, 1.807) is 0 Å². The number of rotatable bonds is 3. The zero-order valence-electron chi connectivity index (χ0n) is 9.77. The third-order valence-corrected chi connectivity index (χ3v) is 4.62. The second-order valence-electron chi connectivity index (χ2n) is 4.73. The summed E-state index contributed by atoms with van der Waals surface area (Å²) in [5.74, 6) is 0.214. The van der Waals surface area contributed by atoms with Gasteiger partial charge in [-0.05, 0) is 25.7 Å². The van der Waals surface area contributed by atoms with Crippen molar-refractivity contribution in [1.82, 2.24) is 15.5 Å². The molecule has 2 saturated heterocycles. The molecular formula is C11H16N4OS. The second-order valence-corrected chi connectivity index (χ2v) is 5.80. The summed E-state index contributed by atoms with van der Waals surface area (Å²) in [6.45, 7) is 2.03. The van der Waals surface area contributed by atoms with Gasteiger partial charge < -0.3 is 10.6 Å². The summed E-state index contributed by atoms with van der Waals surface area (Å²) in [6, 6.07) is 0.926. The fourth-order valence-corrected chi connectivity index (χ4v) is 3.44. The van der Waals surface area contributed by atoms with Crippen molar-refractivity contribution >= 4 is 22.4 Å². The number of nitrogens with zero attached hydrogens (tertiary/aromatic N) is 2. The number of aromatic nitrogens is 2. The molecule has 0 aliphatic carbocycles.